The highest BCUT2D eigenvalue weighted by Gasteiger charge is 2.16. The minimum Gasteiger partial charge on any atom is -0.497 e. The predicted octanol–water partition coefficient (Wildman–Crippen LogP) is 4.06. The molecule has 0 spiro atoms. The van der Waals surface area contributed by atoms with Gasteiger partial charge < -0.3 is 9.84 Å². The van der Waals surface area contributed by atoms with E-state index in [4.69, 9.17) is 27.9 Å². The van der Waals surface area contributed by atoms with Crippen molar-refractivity contribution in [2.24, 2.45) is 0 Å². The molecule has 1 aliphatic carbocycles. The van der Waals surface area contributed by atoms with Crippen molar-refractivity contribution in [3.8, 4) is 0 Å². The average Bonchev–Trinajstić information content (AvgIpc) is 2.38. The molecule has 0 aromatic heterocycles. The maximum atomic E-state index is 9.23. The van der Waals surface area contributed by atoms with Gasteiger partial charge >= 0.3 is 0 Å². The Labute approximate surface area is 116 Å². The first-order valence-electron chi connectivity index (χ1n) is 5.68. The van der Waals surface area contributed by atoms with Crippen LogP contribution >= 0.6 is 23.2 Å². The van der Waals surface area contributed by atoms with Gasteiger partial charge in [0.25, 0.3) is 0 Å². The van der Waals surface area contributed by atoms with Gasteiger partial charge in [-0.25, -0.2) is 0 Å². The number of ether oxygens (including phenoxy) is 1. The molecule has 0 saturated heterocycles. The standard InChI is InChI=1S/C14H14Cl2O2/c1-18-14-6-9(2-3-10(14)8-17)12-5-4-11(15)7-13(12)16/h4-7,17H,2-3,8H2,1H3. The average molecular weight is 285 g/mol. The molecule has 96 valence electrons. The molecule has 0 bridgehead atoms. The number of hydrogen-bond acceptors (Lipinski definition) is 2. The minimum absolute atomic E-state index is 0.0291. The SMILES string of the molecule is COC1=C(CO)CCC(c2ccc(Cl)cc2Cl)=C1. The number of aliphatic hydroxyl groups is 1. The molecule has 0 aliphatic heterocycles. The molecule has 2 nitrogen and oxygen atoms in total. The summed E-state index contributed by atoms with van der Waals surface area (Å²) in [5.41, 5.74) is 2.99. The highest BCUT2D eigenvalue weighted by Crippen LogP contribution is 2.35. The largest absolute Gasteiger partial charge is 0.497 e. The van der Waals surface area contributed by atoms with Crippen LogP contribution < -0.4 is 0 Å². The predicted molar refractivity (Wildman–Crippen MR) is 74.8 cm³/mol. The van der Waals surface area contributed by atoms with E-state index in [-0.39, 0.29) is 6.61 Å². The summed E-state index contributed by atoms with van der Waals surface area (Å²) in [6, 6.07) is 5.46. The molecule has 0 saturated carbocycles. The molecule has 4 heteroatoms. The maximum Gasteiger partial charge on any atom is 0.120 e. The van der Waals surface area contributed by atoms with E-state index in [9.17, 15) is 5.11 Å². The van der Waals surface area contributed by atoms with Gasteiger partial charge in [0.1, 0.15) is 5.76 Å². The first-order valence-corrected chi connectivity index (χ1v) is 6.44. The second-order valence-electron chi connectivity index (χ2n) is 4.12. The van der Waals surface area contributed by atoms with Crippen molar-refractivity contribution >= 4 is 28.8 Å². The number of hydrogen-bond donors (Lipinski definition) is 1. The van der Waals surface area contributed by atoms with Gasteiger partial charge in [-0.05, 0) is 47.8 Å². The Hall–Kier alpha value is -0.960. The third-order valence-corrected chi connectivity index (χ3v) is 3.59. The molecular weight excluding hydrogens is 271 g/mol. The van der Waals surface area contributed by atoms with Crippen molar-refractivity contribution in [3.05, 3.63) is 51.2 Å². The van der Waals surface area contributed by atoms with Gasteiger partial charge in [-0.15, -0.1) is 0 Å². The van der Waals surface area contributed by atoms with Crippen molar-refractivity contribution < 1.29 is 9.84 Å². The van der Waals surface area contributed by atoms with Crippen LogP contribution in [0.1, 0.15) is 18.4 Å². The normalized spacial score (nSPS) is 15.7. The lowest BCUT2D eigenvalue weighted by atomic mass is 9.92. The number of aliphatic hydroxyl groups excluding tert-OH is 1. The summed E-state index contributed by atoms with van der Waals surface area (Å²) in [7, 11) is 1.61. The lowest BCUT2D eigenvalue weighted by molar-refractivity contribution is 0.275. The lowest BCUT2D eigenvalue weighted by Gasteiger charge is -2.19. The van der Waals surface area contributed by atoms with Gasteiger partial charge in [0, 0.05) is 10.0 Å². The maximum absolute atomic E-state index is 9.23. The molecule has 1 N–H and O–H groups in total. The summed E-state index contributed by atoms with van der Waals surface area (Å²) in [6.45, 7) is 0.0291. The van der Waals surface area contributed by atoms with Crippen molar-refractivity contribution in [1.82, 2.24) is 0 Å². The Morgan fingerprint density at radius 2 is 2.06 bits per heavy atom. The van der Waals surface area contributed by atoms with Gasteiger partial charge in [-0.1, -0.05) is 29.3 Å². The fourth-order valence-corrected chi connectivity index (χ4v) is 2.59. The monoisotopic (exact) mass is 284 g/mol. The summed E-state index contributed by atoms with van der Waals surface area (Å²) < 4.78 is 5.28. The zero-order valence-electron chi connectivity index (χ0n) is 10.0. The minimum atomic E-state index is 0.0291. The summed E-state index contributed by atoms with van der Waals surface area (Å²) in [4.78, 5) is 0. The van der Waals surface area contributed by atoms with Crippen molar-refractivity contribution in [2.45, 2.75) is 12.8 Å². The third-order valence-electron chi connectivity index (χ3n) is 3.04. The first-order chi connectivity index (χ1) is 8.65. The summed E-state index contributed by atoms with van der Waals surface area (Å²) in [5, 5.41) is 10.5. The molecule has 0 atom stereocenters. The topological polar surface area (TPSA) is 29.5 Å². The molecule has 1 aliphatic rings. The molecule has 0 amide bonds. The van der Waals surface area contributed by atoms with Crippen molar-refractivity contribution in [2.75, 3.05) is 13.7 Å². The number of rotatable bonds is 3. The third kappa shape index (κ3) is 2.72. The molecule has 0 unspecified atom stereocenters. The fourth-order valence-electron chi connectivity index (χ4n) is 2.06. The molecular formula is C14H14Cl2O2. The molecule has 0 radical (unpaired) electrons. The van der Waals surface area contributed by atoms with E-state index >= 15 is 0 Å². The van der Waals surface area contributed by atoms with Crippen molar-refractivity contribution in [1.29, 1.82) is 0 Å². The van der Waals surface area contributed by atoms with Gasteiger partial charge in [0.15, 0.2) is 0 Å². The van der Waals surface area contributed by atoms with E-state index in [1.807, 2.05) is 18.2 Å². The van der Waals surface area contributed by atoms with Crippen LogP contribution in [-0.2, 0) is 4.74 Å². The Kier molecular flexibility index (Phi) is 4.33. The Morgan fingerprint density at radius 3 is 2.67 bits per heavy atom. The summed E-state index contributed by atoms with van der Waals surface area (Å²) in [6.07, 6.45) is 3.55. The molecule has 1 aromatic carbocycles. The highest BCUT2D eigenvalue weighted by atomic mass is 35.5. The Balaban J connectivity index is 2.40. The molecule has 0 heterocycles. The lowest BCUT2D eigenvalue weighted by Crippen LogP contribution is -2.04. The Bertz CT molecular complexity index is 519. The van der Waals surface area contributed by atoms with Crippen LogP contribution in [0.25, 0.3) is 5.57 Å². The summed E-state index contributed by atoms with van der Waals surface area (Å²) in [5.74, 6) is 0.727. The molecule has 2 rings (SSSR count). The number of allylic oxidation sites excluding steroid dienone is 2. The Morgan fingerprint density at radius 1 is 1.28 bits per heavy atom. The molecule has 1 aromatic rings. The highest BCUT2D eigenvalue weighted by molar-refractivity contribution is 6.35. The van der Waals surface area contributed by atoms with Crippen LogP contribution in [0.5, 0.6) is 0 Å². The number of halogens is 2. The number of benzene rings is 1. The van der Waals surface area contributed by atoms with Gasteiger partial charge in [-0.2, -0.15) is 0 Å². The van der Waals surface area contributed by atoms with Crippen LogP contribution in [-0.4, -0.2) is 18.8 Å². The van der Waals surface area contributed by atoms with Crippen LogP contribution in [0.2, 0.25) is 10.0 Å². The van der Waals surface area contributed by atoms with Crippen LogP contribution in [0, 0.1) is 0 Å². The zero-order chi connectivity index (χ0) is 13.1. The molecule has 18 heavy (non-hydrogen) atoms. The fraction of sp³-hybridized carbons (Fsp3) is 0.286. The van der Waals surface area contributed by atoms with Gasteiger partial charge in [0.2, 0.25) is 0 Å². The van der Waals surface area contributed by atoms with E-state index in [1.165, 1.54) is 0 Å². The first kappa shape index (κ1) is 13.5. The second-order valence-corrected chi connectivity index (χ2v) is 4.97. The van der Waals surface area contributed by atoms with E-state index < -0.39 is 0 Å². The quantitative estimate of drug-likeness (QED) is 0.907. The van der Waals surface area contributed by atoms with Crippen molar-refractivity contribution in [3.63, 3.8) is 0 Å². The van der Waals surface area contributed by atoms with E-state index in [1.54, 1.807) is 13.2 Å². The van der Waals surface area contributed by atoms with E-state index in [2.05, 4.69) is 0 Å². The van der Waals surface area contributed by atoms with Gasteiger partial charge in [-0.3, -0.25) is 0 Å². The van der Waals surface area contributed by atoms with E-state index in [0.29, 0.717) is 10.0 Å². The second kappa shape index (κ2) is 5.79. The smallest absolute Gasteiger partial charge is 0.120 e. The van der Waals surface area contributed by atoms with Crippen LogP contribution in [0.4, 0.5) is 0 Å². The summed E-state index contributed by atoms with van der Waals surface area (Å²) >= 11 is 12.1. The molecule has 0 fully saturated rings. The van der Waals surface area contributed by atoms with Crippen LogP contribution in [0.15, 0.2) is 35.6 Å². The number of methoxy groups -OCH3 is 1. The van der Waals surface area contributed by atoms with E-state index in [0.717, 1.165) is 35.3 Å². The van der Waals surface area contributed by atoms with Gasteiger partial charge in [0.05, 0.1) is 13.7 Å². The van der Waals surface area contributed by atoms with Crippen LogP contribution in [0.3, 0.4) is 0 Å². The zero-order valence-corrected chi connectivity index (χ0v) is 11.6.